The monoisotopic (exact) mass is 236 g/mol. The third-order valence-corrected chi connectivity index (χ3v) is 0.885. The number of rotatable bonds is 1. The van der Waals surface area contributed by atoms with E-state index >= 15 is 0 Å². The molecular weight excluding hydrogens is 226 g/mol. The standard InChI is InChI=1S/C4H8O2.C2H3Cl3O/c1-3-6-4(2)5;3-2(4,5)1-6/h3H2,1-2H3;6H,1H2. The van der Waals surface area contributed by atoms with Crippen LogP contribution in [0.3, 0.4) is 0 Å². The van der Waals surface area contributed by atoms with Crippen molar-refractivity contribution in [3.8, 4) is 0 Å². The maximum Gasteiger partial charge on any atom is 0.302 e. The van der Waals surface area contributed by atoms with Crippen LogP contribution in [-0.4, -0.2) is 28.1 Å². The molecular formula is C6H11Cl3O3. The van der Waals surface area contributed by atoms with Gasteiger partial charge < -0.3 is 9.84 Å². The summed E-state index contributed by atoms with van der Waals surface area (Å²) in [5, 5.41) is 8.01. The first-order valence-corrected chi connectivity index (χ1v) is 4.27. The molecule has 0 fully saturated rings. The van der Waals surface area contributed by atoms with Crippen LogP contribution in [0.2, 0.25) is 0 Å². The molecule has 0 atom stereocenters. The highest BCUT2D eigenvalue weighted by Gasteiger charge is 2.16. The number of ether oxygens (including phenoxy) is 1. The molecule has 3 nitrogen and oxygen atoms in total. The normalized spacial score (nSPS) is 9.83. The second-order valence-corrected chi connectivity index (χ2v) is 4.21. The van der Waals surface area contributed by atoms with Gasteiger partial charge in [-0.05, 0) is 6.92 Å². The Balaban J connectivity index is 0. The second kappa shape index (κ2) is 7.92. The van der Waals surface area contributed by atoms with Gasteiger partial charge in [-0.25, -0.2) is 0 Å². The quantitative estimate of drug-likeness (QED) is 0.560. The molecule has 0 saturated carbocycles. The summed E-state index contributed by atoms with van der Waals surface area (Å²) in [5.74, 6) is -0.211. The Morgan fingerprint density at radius 2 is 1.83 bits per heavy atom. The van der Waals surface area contributed by atoms with E-state index in [9.17, 15) is 4.79 Å². The molecule has 0 aromatic rings. The van der Waals surface area contributed by atoms with E-state index in [2.05, 4.69) is 4.74 Å². The lowest BCUT2D eigenvalue weighted by Crippen LogP contribution is -2.06. The van der Waals surface area contributed by atoms with Crippen LogP contribution in [0.5, 0.6) is 0 Å². The first-order chi connectivity index (χ1) is 5.33. The van der Waals surface area contributed by atoms with E-state index in [1.54, 1.807) is 6.92 Å². The molecule has 0 amide bonds. The number of halogens is 3. The summed E-state index contributed by atoms with van der Waals surface area (Å²) < 4.78 is 2.92. The number of hydrogen-bond acceptors (Lipinski definition) is 3. The molecule has 0 aromatic heterocycles. The number of alkyl halides is 3. The molecule has 0 aliphatic rings. The molecule has 0 radical (unpaired) electrons. The van der Waals surface area contributed by atoms with Crippen LogP contribution in [-0.2, 0) is 9.53 Å². The largest absolute Gasteiger partial charge is 0.466 e. The Kier molecular flexibility index (Phi) is 9.78. The van der Waals surface area contributed by atoms with Crippen LogP contribution in [0.1, 0.15) is 13.8 Å². The minimum atomic E-state index is -1.49. The van der Waals surface area contributed by atoms with Crippen molar-refractivity contribution < 1.29 is 14.6 Å². The molecule has 0 heterocycles. The van der Waals surface area contributed by atoms with E-state index in [1.807, 2.05) is 0 Å². The van der Waals surface area contributed by atoms with Crippen LogP contribution in [0, 0.1) is 0 Å². The van der Waals surface area contributed by atoms with Crippen LogP contribution < -0.4 is 0 Å². The number of hydrogen-bond donors (Lipinski definition) is 1. The molecule has 6 heteroatoms. The molecule has 0 aliphatic carbocycles. The highest BCUT2D eigenvalue weighted by Crippen LogP contribution is 2.23. The van der Waals surface area contributed by atoms with Gasteiger partial charge in [0.15, 0.2) is 0 Å². The lowest BCUT2D eigenvalue weighted by atomic mass is 10.8. The van der Waals surface area contributed by atoms with Crippen LogP contribution in [0.25, 0.3) is 0 Å². The van der Waals surface area contributed by atoms with Crippen molar-refractivity contribution in [3.05, 3.63) is 0 Å². The van der Waals surface area contributed by atoms with E-state index in [-0.39, 0.29) is 5.97 Å². The number of esters is 1. The molecule has 74 valence electrons. The minimum absolute atomic E-state index is 0.211. The smallest absolute Gasteiger partial charge is 0.302 e. The highest BCUT2D eigenvalue weighted by molar-refractivity contribution is 6.67. The lowest BCUT2D eigenvalue weighted by molar-refractivity contribution is -0.140. The van der Waals surface area contributed by atoms with Crippen molar-refractivity contribution in [2.75, 3.05) is 13.2 Å². The first kappa shape index (κ1) is 14.8. The molecule has 0 rings (SSSR count). The van der Waals surface area contributed by atoms with Crippen molar-refractivity contribution in [2.45, 2.75) is 17.6 Å². The molecule has 0 bridgehead atoms. The van der Waals surface area contributed by atoms with E-state index < -0.39 is 10.4 Å². The van der Waals surface area contributed by atoms with Crippen LogP contribution in [0.15, 0.2) is 0 Å². The summed E-state index contributed by atoms with van der Waals surface area (Å²) in [4.78, 5) is 9.82. The first-order valence-electron chi connectivity index (χ1n) is 3.14. The maximum absolute atomic E-state index is 9.82. The Bertz CT molecular complexity index is 122. The van der Waals surface area contributed by atoms with Crippen LogP contribution in [0.4, 0.5) is 0 Å². The van der Waals surface area contributed by atoms with Gasteiger partial charge in [0.1, 0.15) is 0 Å². The van der Waals surface area contributed by atoms with Crippen molar-refractivity contribution in [3.63, 3.8) is 0 Å². The van der Waals surface area contributed by atoms with Crippen molar-refractivity contribution in [1.29, 1.82) is 0 Å². The van der Waals surface area contributed by atoms with Gasteiger partial charge >= 0.3 is 5.97 Å². The maximum atomic E-state index is 9.82. The Morgan fingerprint density at radius 3 is 1.83 bits per heavy atom. The van der Waals surface area contributed by atoms with E-state index in [0.717, 1.165) is 0 Å². The zero-order chi connectivity index (χ0) is 10.2. The molecule has 12 heavy (non-hydrogen) atoms. The van der Waals surface area contributed by atoms with Gasteiger partial charge in [0.25, 0.3) is 0 Å². The third-order valence-electron chi connectivity index (χ3n) is 0.527. The fourth-order valence-electron chi connectivity index (χ4n) is 0.203. The summed E-state index contributed by atoms with van der Waals surface area (Å²) in [5.41, 5.74) is 0. The minimum Gasteiger partial charge on any atom is -0.466 e. The lowest BCUT2D eigenvalue weighted by Gasteiger charge is -2.01. The fraction of sp³-hybridized carbons (Fsp3) is 0.833. The summed E-state index contributed by atoms with van der Waals surface area (Å²) in [6.45, 7) is 3.22. The number of aliphatic hydroxyl groups excluding tert-OH is 1. The Labute approximate surface area is 86.5 Å². The summed E-state index contributed by atoms with van der Waals surface area (Å²) in [6.07, 6.45) is 0. The predicted octanol–water partition coefficient (Wildman–Crippen LogP) is 1.92. The third kappa shape index (κ3) is 22.4. The van der Waals surface area contributed by atoms with Gasteiger partial charge in [-0.2, -0.15) is 0 Å². The fourth-order valence-corrected chi connectivity index (χ4v) is 0.203. The van der Waals surface area contributed by atoms with E-state index in [1.165, 1.54) is 6.92 Å². The van der Waals surface area contributed by atoms with Crippen molar-refractivity contribution in [1.82, 2.24) is 0 Å². The summed E-state index contributed by atoms with van der Waals surface area (Å²) in [7, 11) is 0. The molecule has 0 saturated heterocycles. The molecule has 0 unspecified atom stereocenters. The van der Waals surface area contributed by atoms with Crippen molar-refractivity contribution in [2.24, 2.45) is 0 Å². The van der Waals surface area contributed by atoms with Crippen molar-refractivity contribution >= 4 is 40.8 Å². The van der Waals surface area contributed by atoms with E-state index in [0.29, 0.717) is 6.61 Å². The number of carbonyl (C=O) groups excluding carboxylic acids is 1. The van der Waals surface area contributed by atoms with E-state index in [4.69, 9.17) is 39.9 Å². The highest BCUT2D eigenvalue weighted by atomic mass is 35.6. The Hall–Kier alpha value is 0.300. The van der Waals surface area contributed by atoms with Gasteiger partial charge in [-0.15, -0.1) is 0 Å². The number of aliphatic hydroxyl groups is 1. The van der Waals surface area contributed by atoms with Gasteiger partial charge in [-0.3, -0.25) is 4.79 Å². The topological polar surface area (TPSA) is 46.5 Å². The summed E-state index contributed by atoms with van der Waals surface area (Å²) in [6, 6.07) is 0. The molecule has 0 aromatic carbocycles. The average molecular weight is 238 g/mol. The SMILES string of the molecule is CCOC(C)=O.OCC(Cl)(Cl)Cl. The number of carbonyl (C=O) groups is 1. The Morgan fingerprint density at radius 1 is 1.50 bits per heavy atom. The van der Waals surface area contributed by atoms with Gasteiger partial charge in [0.05, 0.1) is 13.2 Å². The molecule has 1 N–H and O–H groups in total. The summed E-state index contributed by atoms with van der Waals surface area (Å²) >= 11 is 15.0. The zero-order valence-electron chi connectivity index (χ0n) is 6.81. The van der Waals surface area contributed by atoms with Gasteiger partial charge in [-0.1, -0.05) is 34.8 Å². The second-order valence-electron chi connectivity index (χ2n) is 1.70. The molecule has 0 spiro atoms. The van der Waals surface area contributed by atoms with Gasteiger partial charge in [0.2, 0.25) is 3.79 Å². The van der Waals surface area contributed by atoms with Crippen LogP contribution >= 0.6 is 34.8 Å². The van der Waals surface area contributed by atoms with Gasteiger partial charge in [0, 0.05) is 6.92 Å². The average Bonchev–Trinajstić information content (AvgIpc) is 1.87. The predicted molar refractivity (Wildman–Crippen MR) is 49.7 cm³/mol. The molecule has 0 aliphatic heterocycles. The zero-order valence-corrected chi connectivity index (χ0v) is 9.08.